The van der Waals surface area contributed by atoms with Gasteiger partial charge in [-0.15, -0.1) is 0 Å². The number of aliphatic carboxylic acids is 1. The Morgan fingerprint density at radius 1 is 1.47 bits per heavy atom. The van der Waals surface area contributed by atoms with E-state index in [0.717, 1.165) is 31.6 Å². The lowest BCUT2D eigenvalue weighted by Crippen LogP contribution is -2.51. The fourth-order valence-electron chi connectivity index (χ4n) is 2.14. The Labute approximate surface area is 90.7 Å². The van der Waals surface area contributed by atoms with Crippen molar-refractivity contribution in [3.63, 3.8) is 0 Å². The molecule has 4 nitrogen and oxygen atoms in total. The van der Waals surface area contributed by atoms with Crippen molar-refractivity contribution in [2.45, 2.75) is 44.6 Å². The van der Waals surface area contributed by atoms with Gasteiger partial charge in [0, 0.05) is 12.1 Å². The van der Waals surface area contributed by atoms with Crippen molar-refractivity contribution in [3.8, 4) is 0 Å². The molecule has 0 unspecified atom stereocenters. The molecule has 0 aliphatic heterocycles. The minimum atomic E-state index is -0.792. The Morgan fingerprint density at radius 2 is 2.07 bits per heavy atom. The number of carboxylic acids is 1. The van der Waals surface area contributed by atoms with Crippen molar-refractivity contribution in [2.75, 3.05) is 13.2 Å². The smallest absolute Gasteiger partial charge is 0.304 e. The van der Waals surface area contributed by atoms with Gasteiger partial charge in [0.2, 0.25) is 0 Å². The Bertz CT molecular complexity index is 210. The summed E-state index contributed by atoms with van der Waals surface area (Å²) < 4.78 is 0. The van der Waals surface area contributed by atoms with Crippen LogP contribution in [0.3, 0.4) is 0 Å². The van der Waals surface area contributed by atoms with Gasteiger partial charge in [0.1, 0.15) is 0 Å². The third-order valence-electron chi connectivity index (χ3n) is 3.37. The van der Waals surface area contributed by atoms with E-state index in [0.29, 0.717) is 6.54 Å². The van der Waals surface area contributed by atoms with Crippen LogP contribution in [0.25, 0.3) is 0 Å². The van der Waals surface area contributed by atoms with Gasteiger partial charge in [0.15, 0.2) is 0 Å². The summed E-state index contributed by atoms with van der Waals surface area (Å²) in [5.41, 5.74) is -0.220. The molecular formula is C11H21NO3. The molecule has 0 aromatic heterocycles. The van der Waals surface area contributed by atoms with Gasteiger partial charge in [0.25, 0.3) is 0 Å². The first kappa shape index (κ1) is 12.5. The van der Waals surface area contributed by atoms with Crippen molar-refractivity contribution in [3.05, 3.63) is 0 Å². The molecule has 1 rings (SSSR count). The Hall–Kier alpha value is -0.610. The van der Waals surface area contributed by atoms with Crippen LogP contribution in [0.2, 0.25) is 0 Å². The zero-order valence-corrected chi connectivity index (χ0v) is 9.33. The predicted octanol–water partition coefficient (Wildman–Crippen LogP) is 0.992. The van der Waals surface area contributed by atoms with Crippen molar-refractivity contribution in [2.24, 2.45) is 5.92 Å². The van der Waals surface area contributed by atoms with E-state index in [-0.39, 0.29) is 18.6 Å². The van der Waals surface area contributed by atoms with E-state index in [1.54, 1.807) is 0 Å². The van der Waals surface area contributed by atoms with Crippen molar-refractivity contribution in [1.29, 1.82) is 0 Å². The first-order valence-corrected chi connectivity index (χ1v) is 5.66. The minimum absolute atomic E-state index is 0.110. The molecule has 0 radical (unpaired) electrons. The predicted molar refractivity (Wildman–Crippen MR) is 57.7 cm³/mol. The molecule has 0 saturated heterocycles. The van der Waals surface area contributed by atoms with Gasteiger partial charge in [-0.2, -0.15) is 0 Å². The van der Waals surface area contributed by atoms with Crippen LogP contribution in [0.15, 0.2) is 0 Å². The maximum absolute atomic E-state index is 10.4. The molecule has 3 N–H and O–H groups in total. The largest absolute Gasteiger partial charge is 0.481 e. The number of hydrogen-bond acceptors (Lipinski definition) is 3. The fourth-order valence-corrected chi connectivity index (χ4v) is 2.14. The van der Waals surface area contributed by atoms with E-state index in [9.17, 15) is 9.90 Å². The summed E-state index contributed by atoms with van der Waals surface area (Å²) in [4.78, 5) is 10.4. The quantitative estimate of drug-likeness (QED) is 0.639. The highest BCUT2D eigenvalue weighted by Gasteiger charge is 2.32. The number of aliphatic hydroxyl groups excluding tert-OH is 1. The van der Waals surface area contributed by atoms with Gasteiger partial charge in [0.05, 0.1) is 13.0 Å². The SMILES string of the molecule is CC1CCC(CO)(NCCC(=O)O)CC1. The molecule has 1 aliphatic rings. The number of carboxylic acid groups (broad SMARTS) is 1. The lowest BCUT2D eigenvalue weighted by molar-refractivity contribution is -0.137. The van der Waals surface area contributed by atoms with Gasteiger partial charge in [-0.3, -0.25) is 4.79 Å². The molecule has 1 aliphatic carbocycles. The van der Waals surface area contributed by atoms with Crippen molar-refractivity contribution in [1.82, 2.24) is 5.32 Å². The van der Waals surface area contributed by atoms with E-state index in [1.165, 1.54) is 0 Å². The van der Waals surface area contributed by atoms with Crippen LogP contribution in [0.1, 0.15) is 39.0 Å². The van der Waals surface area contributed by atoms with E-state index >= 15 is 0 Å². The summed E-state index contributed by atoms with van der Waals surface area (Å²) in [6.45, 7) is 2.78. The van der Waals surface area contributed by atoms with Crippen LogP contribution >= 0.6 is 0 Å². The summed E-state index contributed by atoms with van der Waals surface area (Å²) in [5.74, 6) is -0.0642. The Kier molecular flexibility index (Phi) is 4.54. The van der Waals surface area contributed by atoms with Gasteiger partial charge in [-0.1, -0.05) is 6.92 Å². The minimum Gasteiger partial charge on any atom is -0.481 e. The Morgan fingerprint density at radius 3 is 2.53 bits per heavy atom. The number of rotatable bonds is 5. The van der Waals surface area contributed by atoms with Crippen LogP contribution in [0, 0.1) is 5.92 Å². The molecule has 4 heteroatoms. The number of carbonyl (C=O) groups is 1. The summed E-state index contributed by atoms with van der Waals surface area (Å²) >= 11 is 0. The molecule has 1 fully saturated rings. The second kappa shape index (κ2) is 5.47. The highest BCUT2D eigenvalue weighted by atomic mass is 16.4. The molecule has 0 atom stereocenters. The third kappa shape index (κ3) is 3.80. The van der Waals surface area contributed by atoms with E-state index in [4.69, 9.17) is 5.11 Å². The summed E-state index contributed by atoms with van der Waals surface area (Å²) in [7, 11) is 0. The first-order valence-electron chi connectivity index (χ1n) is 5.66. The number of hydrogen-bond donors (Lipinski definition) is 3. The highest BCUT2D eigenvalue weighted by Crippen LogP contribution is 2.31. The normalized spacial score (nSPS) is 31.5. The lowest BCUT2D eigenvalue weighted by atomic mass is 9.77. The number of aliphatic hydroxyl groups is 1. The van der Waals surface area contributed by atoms with Crippen LogP contribution in [-0.4, -0.2) is 34.9 Å². The molecule has 0 bridgehead atoms. The summed E-state index contributed by atoms with van der Waals surface area (Å²) in [5, 5.41) is 21.1. The van der Waals surface area contributed by atoms with Crippen LogP contribution in [0.4, 0.5) is 0 Å². The molecule has 0 spiro atoms. The van der Waals surface area contributed by atoms with Gasteiger partial charge < -0.3 is 15.5 Å². The molecule has 88 valence electrons. The van der Waals surface area contributed by atoms with Gasteiger partial charge in [-0.25, -0.2) is 0 Å². The summed E-state index contributed by atoms with van der Waals surface area (Å²) in [6, 6.07) is 0. The average Bonchev–Trinajstić information content (AvgIpc) is 2.21. The van der Waals surface area contributed by atoms with Crippen LogP contribution < -0.4 is 5.32 Å². The lowest BCUT2D eigenvalue weighted by Gasteiger charge is -2.38. The van der Waals surface area contributed by atoms with E-state index in [2.05, 4.69) is 12.2 Å². The molecule has 1 saturated carbocycles. The molecule has 15 heavy (non-hydrogen) atoms. The van der Waals surface area contributed by atoms with Crippen molar-refractivity contribution < 1.29 is 15.0 Å². The van der Waals surface area contributed by atoms with Crippen LogP contribution in [0.5, 0.6) is 0 Å². The third-order valence-corrected chi connectivity index (χ3v) is 3.37. The average molecular weight is 215 g/mol. The topological polar surface area (TPSA) is 69.6 Å². The van der Waals surface area contributed by atoms with Gasteiger partial charge in [-0.05, 0) is 31.6 Å². The van der Waals surface area contributed by atoms with Crippen LogP contribution in [-0.2, 0) is 4.79 Å². The molecular weight excluding hydrogens is 194 g/mol. The molecule has 0 heterocycles. The molecule has 0 aromatic carbocycles. The van der Waals surface area contributed by atoms with E-state index in [1.807, 2.05) is 0 Å². The number of nitrogens with one attached hydrogen (secondary N) is 1. The highest BCUT2D eigenvalue weighted by molar-refractivity contribution is 5.66. The fraction of sp³-hybridized carbons (Fsp3) is 0.909. The maximum Gasteiger partial charge on any atom is 0.304 e. The zero-order valence-electron chi connectivity index (χ0n) is 9.33. The first-order chi connectivity index (χ1) is 7.08. The van der Waals surface area contributed by atoms with E-state index < -0.39 is 5.97 Å². The van der Waals surface area contributed by atoms with Crippen molar-refractivity contribution >= 4 is 5.97 Å². The molecule has 0 amide bonds. The molecule has 0 aromatic rings. The van der Waals surface area contributed by atoms with Gasteiger partial charge >= 0.3 is 5.97 Å². The summed E-state index contributed by atoms with van der Waals surface area (Å²) in [6.07, 6.45) is 4.24. The second-order valence-electron chi connectivity index (χ2n) is 4.69. The monoisotopic (exact) mass is 215 g/mol. The zero-order chi connectivity index (χ0) is 11.3. The second-order valence-corrected chi connectivity index (χ2v) is 4.69. The standard InChI is InChI=1S/C11H21NO3/c1-9-2-5-11(8-13,6-3-9)12-7-4-10(14)15/h9,12-13H,2-8H2,1H3,(H,14,15). The maximum atomic E-state index is 10.4. The Balaban J connectivity index is 2.36.